The molecule has 0 aromatic heterocycles. The number of urea groups is 1. The van der Waals surface area contributed by atoms with E-state index in [1.807, 2.05) is 47.4 Å². The zero-order valence-corrected chi connectivity index (χ0v) is 21.8. The van der Waals surface area contributed by atoms with Gasteiger partial charge in [-0.15, -0.1) is 0 Å². The topological polar surface area (TPSA) is 78.9 Å². The number of anilines is 1. The lowest BCUT2D eigenvalue weighted by Gasteiger charge is -2.25. The highest BCUT2D eigenvalue weighted by atomic mass is 16.5. The summed E-state index contributed by atoms with van der Waals surface area (Å²) in [5.41, 5.74) is 1.77. The minimum absolute atomic E-state index is 0.0958. The van der Waals surface area contributed by atoms with Crippen LogP contribution in [-0.2, 0) is 17.6 Å². The number of aliphatic carboxylic acids is 1. The highest BCUT2D eigenvalue weighted by Gasteiger charge is 2.33. The molecule has 2 rings (SSSR count). The molecule has 6 nitrogen and oxygen atoms in total. The molecule has 0 fully saturated rings. The zero-order chi connectivity index (χ0) is 25.7. The number of hydrogen-bond acceptors (Lipinski definition) is 3. The van der Waals surface area contributed by atoms with Crippen LogP contribution in [0.5, 0.6) is 5.75 Å². The van der Waals surface area contributed by atoms with E-state index in [2.05, 4.69) is 19.2 Å². The Morgan fingerprint density at radius 3 is 2.29 bits per heavy atom. The molecule has 2 aromatic rings. The molecule has 2 amide bonds. The highest BCUT2D eigenvalue weighted by Crippen LogP contribution is 2.23. The molecule has 2 aromatic carbocycles. The molecule has 0 bridgehead atoms. The number of carbonyl (C=O) groups excluding carboxylic acids is 1. The Bertz CT molecular complexity index is 929. The van der Waals surface area contributed by atoms with Crippen molar-refractivity contribution in [2.75, 3.05) is 18.4 Å². The van der Waals surface area contributed by atoms with E-state index in [-0.39, 0.29) is 6.03 Å². The number of carboxylic acids is 1. The normalized spacial score (nSPS) is 12.6. The summed E-state index contributed by atoms with van der Waals surface area (Å²) >= 11 is 0. The Balaban J connectivity index is 2.05. The van der Waals surface area contributed by atoms with E-state index >= 15 is 0 Å². The second-order valence-corrected chi connectivity index (χ2v) is 9.27. The number of nitrogens with one attached hydrogen (secondary N) is 1. The van der Waals surface area contributed by atoms with Gasteiger partial charge in [0.1, 0.15) is 5.75 Å². The zero-order valence-electron chi connectivity index (χ0n) is 21.8. The molecule has 0 aliphatic heterocycles. The average Bonchev–Trinajstić information content (AvgIpc) is 2.86. The third kappa shape index (κ3) is 9.27. The van der Waals surface area contributed by atoms with E-state index in [1.54, 1.807) is 19.9 Å². The molecule has 0 aliphatic rings. The second-order valence-electron chi connectivity index (χ2n) is 9.27. The van der Waals surface area contributed by atoms with Gasteiger partial charge >= 0.3 is 12.0 Å². The number of benzene rings is 2. The van der Waals surface area contributed by atoms with Crippen molar-refractivity contribution in [1.29, 1.82) is 0 Å². The van der Waals surface area contributed by atoms with Crippen LogP contribution in [0.25, 0.3) is 0 Å². The predicted molar refractivity (Wildman–Crippen MR) is 142 cm³/mol. The van der Waals surface area contributed by atoms with Crippen LogP contribution in [0.4, 0.5) is 10.5 Å². The molecule has 0 aliphatic carbocycles. The number of unbranched alkanes of at least 4 members (excludes halogenated alkanes) is 4. The lowest BCUT2D eigenvalue weighted by molar-refractivity contribution is -0.154. The molecule has 0 saturated heterocycles. The number of amides is 2. The maximum Gasteiger partial charge on any atom is 0.347 e. The van der Waals surface area contributed by atoms with Gasteiger partial charge in [0.2, 0.25) is 5.60 Å². The van der Waals surface area contributed by atoms with Gasteiger partial charge in [-0.25, -0.2) is 9.59 Å². The largest absolute Gasteiger partial charge is 0.478 e. The van der Waals surface area contributed by atoms with Crippen LogP contribution < -0.4 is 10.1 Å². The van der Waals surface area contributed by atoms with Gasteiger partial charge < -0.3 is 20.1 Å². The summed E-state index contributed by atoms with van der Waals surface area (Å²) in [5.74, 6) is -0.455. The standard InChI is InChI=1S/C29H42N2O4/c1-5-8-9-10-11-20-31(28(34)30-25-17-15-23(6-2)16-18-25)21-19-24-13-12-14-26(22-24)35-29(4,7-3)27(32)33/h12-18,22H,5-11,19-21H2,1-4H3,(H,30,34)(H,32,33). The molecule has 35 heavy (non-hydrogen) atoms. The monoisotopic (exact) mass is 482 g/mol. The third-order valence-electron chi connectivity index (χ3n) is 6.47. The van der Waals surface area contributed by atoms with Crippen LogP contribution in [0.1, 0.15) is 77.3 Å². The maximum absolute atomic E-state index is 13.1. The minimum atomic E-state index is -1.27. The summed E-state index contributed by atoms with van der Waals surface area (Å²) < 4.78 is 5.82. The summed E-state index contributed by atoms with van der Waals surface area (Å²) in [6, 6.07) is 15.4. The summed E-state index contributed by atoms with van der Waals surface area (Å²) in [6.45, 7) is 8.95. The van der Waals surface area contributed by atoms with Crippen molar-refractivity contribution < 1.29 is 19.4 Å². The number of aryl methyl sites for hydroxylation is 1. The highest BCUT2D eigenvalue weighted by molar-refractivity contribution is 5.89. The Kier molecular flexibility index (Phi) is 11.6. The Morgan fingerprint density at radius 2 is 1.66 bits per heavy atom. The van der Waals surface area contributed by atoms with Gasteiger partial charge in [-0.1, -0.05) is 70.7 Å². The minimum Gasteiger partial charge on any atom is -0.478 e. The molecule has 6 heteroatoms. The first-order valence-corrected chi connectivity index (χ1v) is 13.0. The number of nitrogens with zero attached hydrogens (tertiary/aromatic N) is 1. The van der Waals surface area contributed by atoms with E-state index in [0.717, 1.165) is 30.5 Å². The molecule has 0 heterocycles. The van der Waals surface area contributed by atoms with E-state index in [1.165, 1.54) is 24.8 Å². The van der Waals surface area contributed by atoms with Crippen molar-refractivity contribution in [3.8, 4) is 5.75 Å². The number of hydrogen-bond donors (Lipinski definition) is 2. The Hall–Kier alpha value is -3.02. The summed E-state index contributed by atoms with van der Waals surface area (Å²) in [7, 11) is 0. The molecule has 0 spiro atoms. The molecule has 2 N–H and O–H groups in total. The SMILES string of the molecule is CCCCCCCN(CCc1cccc(OC(C)(CC)C(=O)O)c1)C(=O)Nc1ccc(CC)cc1. The number of carbonyl (C=O) groups is 2. The van der Waals surface area contributed by atoms with Crippen molar-refractivity contribution in [3.05, 3.63) is 59.7 Å². The summed E-state index contributed by atoms with van der Waals surface area (Å²) in [5, 5.41) is 12.6. The van der Waals surface area contributed by atoms with Gasteiger partial charge in [-0.05, 0) is 68.0 Å². The van der Waals surface area contributed by atoms with Crippen LogP contribution in [0, 0.1) is 0 Å². The lowest BCUT2D eigenvalue weighted by Crippen LogP contribution is -2.40. The molecule has 192 valence electrons. The van der Waals surface area contributed by atoms with Crippen LogP contribution in [-0.4, -0.2) is 40.7 Å². The van der Waals surface area contributed by atoms with Crippen molar-refractivity contribution in [1.82, 2.24) is 4.90 Å². The number of ether oxygens (including phenoxy) is 1. The summed E-state index contributed by atoms with van der Waals surface area (Å²) in [4.78, 5) is 26.6. The first-order chi connectivity index (χ1) is 16.8. The fraction of sp³-hybridized carbons (Fsp3) is 0.517. The molecule has 0 saturated carbocycles. The van der Waals surface area contributed by atoms with Gasteiger partial charge in [0.25, 0.3) is 0 Å². The number of rotatable bonds is 15. The van der Waals surface area contributed by atoms with Crippen molar-refractivity contribution >= 4 is 17.7 Å². The lowest BCUT2D eigenvalue weighted by atomic mass is 10.0. The first kappa shape index (κ1) is 28.2. The van der Waals surface area contributed by atoms with Gasteiger partial charge in [0.05, 0.1) is 0 Å². The first-order valence-electron chi connectivity index (χ1n) is 13.0. The fourth-order valence-corrected chi connectivity index (χ4v) is 3.80. The van der Waals surface area contributed by atoms with Crippen molar-refractivity contribution in [3.63, 3.8) is 0 Å². The quantitative estimate of drug-likeness (QED) is 0.270. The Morgan fingerprint density at radius 1 is 0.943 bits per heavy atom. The Labute approximate surface area is 210 Å². The van der Waals surface area contributed by atoms with Crippen LogP contribution in [0.2, 0.25) is 0 Å². The predicted octanol–water partition coefficient (Wildman–Crippen LogP) is 6.93. The van der Waals surface area contributed by atoms with Crippen LogP contribution in [0.3, 0.4) is 0 Å². The van der Waals surface area contributed by atoms with Gasteiger partial charge in [-0.3, -0.25) is 0 Å². The van der Waals surface area contributed by atoms with Crippen molar-refractivity contribution in [2.45, 2.75) is 84.7 Å². The van der Waals surface area contributed by atoms with E-state index in [9.17, 15) is 14.7 Å². The van der Waals surface area contributed by atoms with Crippen molar-refractivity contribution in [2.24, 2.45) is 0 Å². The fourth-order valence-electron chi connectivity index (χ4n) is 3.80. The van der Waals surface area contributed by atoms with E-state index in [4.69, 9.17) is 4.74 Å². The van der Waals surface area contributed by atoms with Crippen LogP contribution >= 0.6 is 0 Å². The third-order valence-corrected chi connectivity index (χ3v) is 6.47. The molecule has 1 atom stereocenters. The molecular formula is C29H42N2O4. The number of carboxylic acid groups (broad SMARTS) is 1. The maximum atomic E-state index is 13.1. The second kappa shape index (κ2) is 14.4. The van der Waals surface area contributed by atoms with E-state index < -0.39 is 11.6 Å². The van der Waals surface area contributed by atoms with Gasteiger partial charge in [-0.2, -0.15) is 0 Å². The van der Waals surface area contributed by atoms with Gasteiger partial charge in [0.15, 0.2) is 0 Å². The molecular weight excluding hydrogens is 440 g/mol. The van der Waals surface area contributed by atoms with Gasteiger partial charge in [0, 0.05) is 18.8 Å². The smallest absolute Gasteiger partial charge is 0.347 e. The summed E-state index contributed by atoms with van der Waals surface area (Å²) in [6.07, 6.45) is 7.65. The molecule has 0 radical (unpaired) electrons. The van der Waals surface area contributed by atoms with Crippen LogP contribution in [0.15, 0.2) is 48.5 Å². The average molecular weight is 483 g/mol. The van der Waals surface area contributed by atoms with E-state index in [0.29, 0.717) is 31.7 Å². The molecule has 1 unspecified atom stereocenters.